The predicted octanol–water partition coefficient (Wildman–Crippen LogP) is 2.63. The van der Waals surface area contributed by atoms with E-state index in [0.717, 1.165) is 5.56 Å². The van der Waals surface area contributed by atoms with Crippen LogP contribution in [0.15, 0.2) is 18.2 Å². The molecule has 3 nitrogen and oxygen atoms in total. The minimum absolute atomic E-state index is 0.0125. The van der Waals surface area contributed by atoms with E-state index >= 15 is 0 Å². The number of hydrogen-bond donors (Lipinski definition) is 0. The molecule has 1 aliphatic rings. The average Bonchev–Trinajstić information content (AvgIpc) is 2.30. The number of nitrogens with zero attached hydrogens (tertiary/aromatic N) is 1. The van der Waals surface area contributed by atoms with E-state index in [9.17, 15) is 9.00 Å². The van der Waals surface area contributed by atoms with Gasteiger partial charge in [0.1, 0.15) is 0 Å². The van der Waals surface area contributed by atoms with Gasteiger partial charge in [0.25, 0.3) is 5.91 Å². The molecule has 2 rings (SSSR count). The minimum atomic E-state index is -0.826. The monoisotopic (exact) mass is 299 g/mol. The molecule has 1 aliphatic heterocycles. The van der Waals surface area contributed by atoms with E-state index in [1.54, 1.807) is 12.1 Å². The van der Waals surface area contributed by atoms with Gasteiger partial charge in [0, 0.05) is 45.0 Å². The summed E-state index contributed by atoms with van der Waals surface area (Å²) in [7, 11) is -0.826. The zero-order chi connectivity index (χ0) is 14.2. The normalized spacial score (nSPS) is 22.3. The lowest BCUT2D eigenvalue weighted by Crippen LogP contribution is -2.56. The van der Waals surface area contributed by atoms with Crippen LogP contribution >= 0.6 is 11.6 Å². The van der Waals surface area contributed by atoms with Crippen LogP contribution in [0, 0.1) is 6.92 Å². The van der Waals surface area contributed by atoms with E-state index in [1.165, 1.54) is 0 Å². The van der Waals surface area contributed by atoms with E-state index in [1.807, 2.05) is 31.7 Å². The highest BCUT2D eigenvalue weighted by Gasteiger charge is 2.36. The van der Waals surface area contributed by atoms with Crippen molar-refractivity contribution in [3.8, 4) is 0 Å². The summed E-state index contributed by atoms with van der Waals surface area (Å²) in [6.45, 7) is 6.35. The number of rotatable bonds is 1. The summed E-state index contributed by atoms with van der Waals surface area (Å²) in [6, 6.07) is 5.31. The number of carbonyl (C=O) groups excluding carboxylic acids is 1. The number of benzene rings is 1. The fourth-order valence-electron chi connectivity index (χ4n) is 2.35. The van der Waals surface area contributed by atoms with Crippen LogP contribution in [0.3, 0.4) is 0 Å². The van der Waals surface area contributed by atoms with Crippen LogP contribution < -0.4 is 0 Å². The number of halogens is 1. The van der Waals surface area contributed by atoms with Gasteiger partial charge in [0.15, 0.2) is 0 Å². The topological polar surface area (TPSA) is 37.4 Å². The van der Waals surface area contributed by atoms with Gasteiger partial charge in [-0.1, -0.05) is 11.6 Å². The van der Waals surface area contributed by atoms with Gasteiger partial charge in [-0.15, -0.1) is 0 Å². The van der Waals surface area contributed by atoms with Gasteiger partial charge in [-0.25, -0.2) is 0 Å². The van der Waals surface area contributed by atoms with Crippen LogP contribution in [-0.2, 0) is 10.8 Å². The van der Waals surface area contributed by atoms with E-state index < -0.39 is 10.8 Å². The number of hydrogen-bond acceptors (Lipinski definition) is 2. The van der Waals surface area contributed by atoms with Crippen molar-refractivity contribution in [2.75, 3.05) is 18.1 Å². The molecule has 0 bridgehead atoms. The van der Waals surface area contributed by atoms with Crippen molar-refractivity contribution in [1.82, 2.24) is 4.90 Å². The molecule has 0 spiro atoms. The second-order valence-corrected chi connectivity index (χ2v) is 7.51. The van der Waals surface area contributed by atoms with Crippen molar-refractivity contribution in [2.45, 2.75) is 26.3 Å². The summed E-state index contributed by atoms with van der Waals surface area (Å²) in [5.41, 5.74) is 1.17. The van der Waals surface area contributed by atoms with Crippen LogP contribution in [0.4, 0.5) is 0 Å². The Labute approximate surface area is 121 Å². The number of aryl methyl sites for hydroxylation is 1. The molecule has 5 heteroatoms. The lowest BCUT2D eigenvalue weighted by molar-refractivity contribution is 0.0594. The summed E-state index contributed by atoms with van der Waals surface area (Å²) in [5, 5.41) is 0.663. The standard InChI is InChI=1S/C14H18ClNO2S/c1-10-8-11(4-5-12(10)15)13(17)16-6-7-19(18)9-14(16,2)3/h4-5,8H,6-7,9H2,1-3H3. The summed E-state index contributed by atoms with van der Waals surface area (Å²) >= 11 is 5.98. The highest BCUT2D eigenvalue weighted by Crippen LogP contribution is 2.24. The largest absolute Gasteiger partial charge is 0.332 e. The Morgan fingerprint density at radius 3 is 2.68 bits per heavy atom. The van der Waals surface area contributed by atoms with Crippen molar-refractivity contribution < 1.29 is 9.00 Å². The second kappa shape index (κ2) is 5.25. The summed E-state index contributed by atoms with van der Waals surface area (Å²) in [6.07, 6.45) is 0. The van der Waals surface area contributed by atoms with Crippen LogP contribution in [0.1, 0.15) is 29.8 Å². The Kier molecular flexibility index (Phi) is 4.02. The third kappa shape index (κ3) is 3.00. The quantitative estimate of drug-likeness (QED) is 0.799. The third-order valence-corrected chi connectivity index (χ3v) is 5.53. The fourth-order valence-corrected chi connectivity index (χ4v) is 3.94. The predicted molar refractivity (Wildman–Crippen MR) is 79.2 cm³/mol. The van der Waals surface area contributed by atoms with Crippen molar-refractivity contribution >= 4 is 28.3 Å². The van der Waals surface area contributed by atoms with Crippen molar-refractivity contribution in [2.24, 2.45) is 0 Å². The first-order chi connectivity index (χ1) is 8.81. The molecule has 0 aliphatic carbocycles. The minimum Gasteiger partial charge on any atom is -0.332 e. The Morgan fingerprint density at radius 2 is 2.11 bits per heavy atom. The maximum Gasteiger partial charge on any atom is 0.254 e. The van der Waals surface area contributed by atoms with Crippen LogP contribution in [0.25, 0.3) is 0 Å². The van der Waals surface area contributed by atoms with Gasteiger partial charge >= 0.3 is 0 Å². The van der Waals surface area contributed by atoms with Gasteiger partial charge in [-0.2, -0.15) is 0 Å². The van der Waals surface area contributed by atoms with Crippen molar-refractivity contribution in [1.29, 1.82) is 0 Å². The first kappa shape index (κ1) is 14.5. The number of carbonyl (C=O) groups is 1. The zero-order valence-corrected chi connectivity index (χ0v) is 13.0. The highest BCUT2D eigenvalue weighted by molar-refractivity contribution is 7.85. The number of amides is 1. The van der Waals surface area contributed by atoms with Gasteiger partial charge in [-0.3, -0.25) is 9.00 Å². The molecule has 1 aromatic carbocycles. The molecular formula is C14H18ClNO2S. The molecule has 1 fully saturated rings. The first-order valence-electron chi connectivity index (χ1n) is 6.24. The Balaban J connectivity index is 2.28. The molecule has 1 unspecified atom stereocenters. The molecule has 1 atom stereocenters. The maximum absolute atomic E-state index is 12.6. The van der Waals surface area contributed by atoms with Gasteiger partial charge < -0.3 is 4.90 Å². The second-order valence-electron chi connectivity index (χ2n) is 5.52. The van der Waals surface area contributed by atoms with E-state index in [-0.39, 0.29) is 11.4 Å². The lowest BCUT2D eigenvalue weighted by Gasteiger charge is -2.42. The Morgan fingerprint density at radius 1 is 1.42 bits per heavy atom. The van der Waals surface area contributed by atoms with Crippen molar-refractivity contribution in [3.05, 3.63) is 34.3 Å². The molecule has 0 radical (unpaired) electrons. The van der Waals surface area contributed by atoms with Gasteiger partial charge in [0.2, 0.25) is 0 Å². The Bertz CT molecular complexity index is 542. The molecule has 19 heavy (non-hydrogen) atoms. The Hall–Kier alpha value is -0.870. The van der Waals surface area contributed by atoms with E-state index in [2.05, 4.69) is 0 Å². The van der Waals surface area contributed by atoms with E-state index in [4.69, 9.17) is 11.6 Å². The van der Waals surface area contributed by atoms with Crippen LogP contribution in [0.5, 0.6) is 0 Å². The third-order valence-electron chi connectivity index (χ3n) is 3.44. The molecule has 1 aromatic rings. The summed E-state index contributed by atoms with van der Waals surface area (Å²) < 4.78 is 11.6. The van der Waals surface area contributed by atoms with Gasteiger partial charge in [0.05, 0.1) is 0 Å². The molecule has 104 valence electrons. The fraction of sp³-hybridized carbons (Fsp3) is 0.500. The van der Waals surface area contributed by atoms with Gasteiger partial charge in [-0.05, 0) is 44.5 Å². The average molecular weight is 300 g/mol. The van der Waals surface area contributed by atoms with E-state index in [0.29, 0.717) is 28.6 Å². The zero-order valence-electron chi connectivity index (χ0n) is 11.4. The maximum atomic E-state index is 12.6. The van der Waals surface area contributed by atoms with Crippen molar-refractivity contribution in [3.63, 3.8) is 0 Å². The summed E-state index contributed by atoms with van der Waals surface area (Å²) in [4.78, 5) is 14.4. The van der Waals surface area contributed by atoms with Crippen LogP contribution in [0.2, 0.25) is 5.02 Å². The summed E-state index contributed by atoms with van der Waals surface area (Å²) in [5.74, 6) is 1.08. The SMILES string of the molecule is Cc1cc(C(=O)N2CCS(=O)CC2(C)C)ccc1Cl. The lowest BCUT2D eigenvalue weighted by atomic mass is 10.0. The molecule has 1 saturated heterocycles. The molecule has 0 N–H and O–H groups in total. The molecule has 0 saturated carbocycles. The molecule has 1 amide bonds. The highest BCUT2D eigenvalue weighted by atomic mass is 35.5. The first-order valence-corrected chi connectivity index (χ1v) is 8.11. The molecule has 0 aromatic heterocycles. The van der Waals surface area contributed by atoms with Crippen LogP contribution in [-0.4, -0.2) is 38.6 Å². The smallest absolute Gasteiger partial charge is 0.254 e. The molecule has 1 heterocycles. The molecular weight excluding hydrogens is 282 g/mol.